The van der Waals surface area contributed by atoms with Gasteiger partial charge in [-0.25, -0.2) is 0 Å². The summed E-state index contributed by atoms with van der Waals surface area (Å²) in [6, 6.07) is 0. The van der Waals surface area contributed by atoms with Gasteiger partial charge in [0.25, 0.3) is 0 Å². The summed E-state index contributed by atoms with van der Waals surface area (Å²) in [7, 11) is 0. The highest BCUT2D eigenvalue weighted by Gasteiger charge is 1.95. The van der Waals surface area contributed by atoms with Gasteiger partial charge in [0, 0.05) is 0 Å². The zero-order chi connectivity index (χ0) is 9.61. The first-order chi connectivity index (χ1) is 5.43. The van der Waals surface area contributed by atoms with Crippen molar-refractivity contribution in [2.45, 2.75) is 27.7 Å². The van der Waals surface area contributed by atoms with Crippen LogP contribution in [0.1, 0.15) is 27.7 Å². The van der Waals surface area contributed by atoms with E-state index in [1.807, 2.05) is 12.2 Å². The fourth-order valence-corrected chi connectivity index (χ4v) is 0.517. The average Bonchev–Trinajstić information content (AvgIpc) is 2.33. The van der Waals surface area contributed by atoms with Crippen LogP contribution in [0.15, 0.2) is 29.8 Å². The van der Waals surface area contributed by atoms with Gasteiger partial charge in [-0.1, -0.05) is 40.3 Å². The van der Waals surface area contributed by atoms with Crippen LogP contribution in [-0.4, -0.2) is 12.3 Å². The maximum atomic E-state index is 4.04. The molecule has 0 saturated carbocycles. The maximum Gasteiger partial charge on any atom is 0.0581 e. The second-order valence-corrected chi connectivity index (χ2v) is 4.37. The largest absolute Gasteiger partial charge is 0.281 e. The van der Waals surface area contributed by atoms with Crippen LogP contribution in [0.5, 0.6) is 0 Å². The van der Waals surface area contributed by atoms with E-state index in [0.29, 0.717) is 5.41 Å². The second-order valence-electron chi connectivity index (χ2n) is 4.37. The van der Waals surface area contributed by atoms with Crippen LogP contribution in [0.2, 0.25) is 0 Å². The third kappa shape index (κ3) is 9.15. The normalized spacial score (nSPS) is 14.8. The zero-order valence-corrected chi connectivity index (χ0v) is 8.59. The minimum absolute atomic E-state index is 0.500. The smallest absolute Gasteiger partial charge is 0.0581 e. The van der Waals surface area contributed by atoms with Gasteiger partial charge in [-0.2, -0.15) is 0 Å². The van der Waals surface area contributed by atoms with Gasteiger partial charge < -0.3 is 0 Å². The Morgan fingerprint density at radius 2 is 1.92 bits per heavy atom. The molecule has 0 aliphatic carbocycles. The van der Waals surface area contributed by atoms with Gasteiger partial charge in [-0.3, -0.25) is 4.99 Å². The number of hydrogen-bond donors (Lipinski definition) is 0. The summed E-state index contributed by atoms with van der Waals surface area (Å²) in [5, 5.41) is 0. The van der Waals surface area contributed by atoms with E-state index in [2.05, 4.69) is 39.3 Å². The van der Waals surface area contributed by atoms with E-state index in [1.54, 1.807) is 6.08 Å². The molecule has 0 aromatic carbocycles. The molecule has 0 saturated heterocycles. The summed E-state index contributed by atoms with van der Waals surface area (Å²) in [4.78, 5) is 4.04. The molecule has 0 amide bonds. The lowest BCUT2D eigenvalue weighted by atomic mass is 10.0. The number of hydrogen-bond acceptors (Lipinski definition) is 1. The molecule has 1 aliphatic rings. The summed E-state index contributed by atoms with van der Waals surface area (Å²) >= 11 is 0. The van der Waals surface area contributed by atoms with Crippen LogP contribution in [0, 0.1) is 5.41 Å². The quantitative estimate of drug-likeness (QED) is 0.565. The van der Waals surface area contributed by atoms with Crippen LogP contribution < -0.4 is 0 Å². The number of rotatable bonds is 1. The molecule has 1 aliphatic heterocycles. The van der Waals surface area contributed by atoms with Gasteiger partial charge in [0.1, 0.15) is 0 Å². The highest BCUT2D eigenvalue weighted by atomic mass is 14.7. The minimum Gasteiger partial charge on any atom is -0.281 e. The van der Waals surface area contributed by atoms with E-state index in [1.165, 1.54) is 0 Å². The predicted molar refractivity (Wildman–Crippen MR) is 56.8 cm³/mol. The van der Waals surface area contributed by atoms with Crippen molar-refractivity contribution in [1.82, 2.24) is 0 Å². The average molecular weight is 165 g/mol. The van der Waals surface area contributed by atoms with Crippen molar-refractivity contribution in [3.8, 4) is 0 Å². The van der Waals surface area contributed by atoms with E-state index >= 15 is 0 Å². The fraction of sp³-hybridized carbons (Fsp3) is 0.545. The molecule has 0 aromatic heterocycles. The second kappa shape index (κ2) is 4.91. The molecule has 0 radical (unpaired) electrons. The molecule has 0 aromatic rings. The fourth-order valence-electron chi connectivity index (χ4n) is 0.517. The molecule has 68 valence electrons. The van der Waals surface area contributed by atoms with Crippen LogP contribution in [0.25, 0.3) is 0 Å². The highest BCUT2D eigenvalue weighted by Crippen LogP contribution is 2.08. The summed E-state index contributed by atoms with van der Waals surface area (Å²) < 4.78 is 0. The third-order valence-corrected chi connectivity index (χ3v) is 0.877. The standard InChI is InChI=1S/C6H7N.C5H12/c1-2-6-4-3-5-7-6;1-5(2,3)4/h2-4H,1,5H2;1-4H3. The molecule has 0 N–H and O–H groups in total. The van der Waals surface area contributed by atoms with Crippen LogP contribution in [0.3, 0.4) is 0 Å². The maximum absolute atomic E-state index is 4.04. The van der Waals surface area contributed by atoms with E-state index in [0.717, 1.165) is 12.3 Å². The molecule has 1 rings (SSSR count). The molecule has 1 heterocycles. The minimum atomic E-state index is 0.500. The molecular weight excluding hydrogens is 146 g/mol. The molecule has 0 spiro atoms. The number of aliphatic imine (C=N–C) groups is 1. The number of allylic oxidation sites excluding steroid dienone is 2. The monoisotopic (exact) mass is 165 g/mol. The van der Waals surface area contributed by atoms with E-state index in [-0.39, 0.29) is 0 Å². The lowest BCUT2D eigenvalue weighted by Crippen LogP contribution is -1.93. The number of nitrogens with zero attached hydrogens (tertiary/aromatic N) is 1. The van der Waals surface area contributed by atoms with Crippen molar-refractivity contribution >= 4 is 5.71 Å². The van der Waals surface area contributed by atoms with Crippen molar-refractivity contribution in [2.75, 3.05) is 6.54 Å². The molecule has 0 fully saturated rings. The van der Waals surface area contributed by atoms with Crippen LogP contribution in [-0.2, 0) is 0 Å². The van der Waals surface area contributed by atoms with Gasteiger partial charge in [0.2, 0.25) is 0 Å². The Labute approximate surface area is 75.9 Å². The SMILES string of the molecule is C=CC1=NCC=C1.CC(C)(C)C. The first-order valence-electron chi connectivity index (χ1n) is 4.27. The Hall–Kier alpha value is -0.850. The molecule has 1 nitrogen and oxygen atoms in total. The van der Waals surface area contributed by atoms with Gasteiger partial charge in [0.05, 0.1) is 12.3 Å². The third-order valence-electron chi connectivity index (χ3n) is 0.877. The first kappa shape index (κ1) is 11.2. The molecule has 0 unspecified atom stereocenters. The van der Waals surface area contributed by atoms with Crippen molar-refractivity contribution in [3.05, 3.63) is 24.8 Å². The van der Waals surface area contributed by atoms with E-state index in [9.17, 15) is 0 Å². The molecule has 0 atom stereocenters. The summed E-state index contributed by atoms with van der Waals surface area (Å²) in [6.07, 6.45) is 5.73. The van der Waals surface area contributed by atoms with Gasteiger partial charge in [0.15, 0.2) is 0 Å². The van der Waals surface area contributed by atoms with Gasteiger partial charge >= 0.3 is 0 Å². The molecule has 12 heavy (non-hydrogen) atoms. The Bertz CT molecular complexity index is 186. The molecular formula is C11H19N. The van der Waals surface area contributed by atoms with Crippen molar-refractivity contribution in [1.29, 1.82) is 0 Å². The zero-order valence-electron chi connectivity index (χ0n) is 8.59. The van der Waals surface area contributed by atoms with Gasteiger partial charge in [-0.05, 0) is 17.6 Å². The highest BCUT2D eigenvalue weighted by molar-refractivity contribution is 6.04. The molecule has 1 heteroatoms. The first-order valence-corrected chi connectivity index (χ1v) is 4.27. The van der Waals surface area contributed by atoms with Crippen molar-refractivity contribution in [2.24, 2.45) is 10.4 Å². The van der Waals surface area contributed by atoms with Crippen molar-refractivity contribution < 1.29 is 0 Å². The predicted octanol–water partition coefficient (Wildman–Crippen LogP) is 3.24. The Morgan fingerprint density at radius 1 is 1.42 bits per heavy atom. The lowest BCUT2D eigenvalue weighted by Gasteiger charge is -2.05. The summed E-state index contributed by atoms with van der Waals surface area (Å²) in [6.45, 7) is 13.1. The van der Waals surface area contributed by atoms with E-state index in [4.69, 9.17) is 0 Å². The summed E-state index contributed by atoms with van der Waals surface area (Å²) in [5.41, 5.74) is 1.50. The topological polar surface area (TPSA) is 12.4 Å². The Morgan fingerprint density at radius 3 is 2.08 bits per heavy atom. The van der Waals surface area contributed by atoms with Crippen LogP contribution in [0.4, 0.5) is 0 Å². The van der Waals surface area contributed by atoms with Gasteiger partial charge in [-0.15, -0.1) is 0 Å². The Kier molecular flexibility index (Phi) is 4.57. The van der Waals surface area contributed by atoms with Crippen LogP contribution >= 0.6 is 0 Å². The molecule has 0 bridgehead atoms. The Balaban J connectivity index is 0.000000217. The lowest BCUT2D eigenvalue weighted by molar-refractivity contribution is 0.469. The van der Waals surface area contributed by atoms with Crippen molar-refractivity contribution in [3.63, 3.8) is 0 Å². The van der Waals surface area contributed by atoms with E-state index < -0.39 is 0 Å². The summed E-state index contributed by atoms with van der Waals surface area (Å²) in [5.74, 6) is 0.